The van der Waals surface area contributed by atoms with Crippen LogP contribution < -0.4 is 0 Å². The molecule has 4 atom stereocenters. The van der Waals surface area contributed by atoms with Gasteiger partial charge in [0.15, 0.2) is 5.78 Å². The number of hydrogen-bond donors (Lipinski definition) is 0. The third kappa shape index (κ3) is 2.35. The molecule has 0 aromatic heterocycles. The first-order valence-electron chi connectivity index (χ1n) is 10.6. The zero-order chi connectivity index (χ0) is 18.6. The second-order valence-corrected chi connectivity index (χ2v) is 9.43. The summed E-state index contributed by atoms with van der Waals surface area (Å²) in [5.74, 6) is 4.60. The average molecular weight is 357 g/mol. The van der Waals surface area contributed by atoms with Gasteiger partial charge in [-0.2, -0.15) is 0 Å². The highest BCUT2D eigenvalue weighted by Crippen LogP contribution is 2.60. The van der Waals surface area contributed by atoms with Gasteiger partial charge in [-0.3, -0.25) is 4.79 Å². The number of rotatable bonds is 1. The van der Waals surface area contributed by atoms with E-state index in [2.05, 4.69) is 12.8 Å². The van der Waals surface area contributed by atoms with Gasteiger partial charge in [0.1, 0.15) is 5.41 Å². The molecule has 4 aliphatic rings. The van der Waals surface area contributed by atoms with E-state index in [1.54, 1.807) is 5.57 Å². The fraction of sp³-hybridized carbons (Fsp3) is 0.500. The Labute approximate surface area is 162 Å². The van der Waals surface area contributed by atoms with E-state index in [1.807, 2.05) is 36.4 Å². The molecule has 4 aliphatic carbocycles. The first-order chi connectivity index (χ1) is 13.1. The zero-order valence-corrected chi connectivity index (χ0v) is 16.3. The van der Waals surface area contributed by atoms with Crippen LogP contribution in [0.15, 0.2) is 53.1 Å². The molecule has 1 nitrogen and oxygen atoms in total. The molecule has 1 aromatic carbocycles. The molecule has 0 aliphatic heterocycles. The smallest absolute Gasteiger partial charge is 0.178 e. The van der Waals surface area contributed by atoms with Crippen LogP contribution in [0.5, 0.6) is 0 Å². The maximum Gasteiger partial charge on any atom is 0.178 e. The van der Waals surface area contributed by atoms with Crippen LogP contribution in [0.2, 0.25) is 0 Å². The standard InChI is InChI=1S/C26H28O/c1-3-26(19-8-5-4-6-9-19)17-22-18(16-24(26)27)11-12-21-20(22)13-15-25(2)14-7-10-23(21)25/h1,4-6,8-9,16,21,23H,7,10-15,17H2,2H3/t21-,23+,25+,26?/m1/s1. The monoisotopic (exact) mass is 356 g/mol. The molecule has 0 amide bonds. The van der Waals surface area contributed by atoms with E-state index in [1.165, 1.54) is 49.7 Å². The van der Waals surface area contributed by atoms with Crippen LogP contribution >= 0.6 is 0 Å². The Balaban J connectivity index is 1.62. The van der Waals surface area contributed by atoms with Gasteiger partial charge in [-0.1, -0.05) is 55.2 Å². The summed E-state index contributed by atoms with van der Waals surface area (Å²) >= 11 is 0. The molecule has 0 saturated heterocycles. The van der Waals surface area contributed by atoms with E-state index < -0.39 is 5.41 Å². The van der Waals surface area contributed by atoms with E-state index in [9.17, 15) is 4.79 Å². The number of fused-ring (bicyclic) bond motifs is 4. The second kappa shape index (κ2) is 5.96. The highest BCUT2D eigenvalue weighted by atomic mass is 16.1. The molecule has 0 spiro atoms. The summed E-state index contributed by atoms with van der Waals surface area (Å²) in [4.78, 5) is 13.2. The number of allylic oxidation sites excluding steroid dienone is 4. The molecule has 0 bridgehead atoms. The van der Waals surface area contributed by atoms with Crippen molar-refractivity contribution in [3.05, 3.63) is 58.7 Å². The number of carbonyl (C=O) groups excluding carboxylic acids is 1. The largest absolute Gasteiger partial charge is 0.293 e. The van der Waals surface area contributed by atoms with Crippen LogP contribution in [-0.4, -0.2) is 5.78 Å². The molecule has 138 valence electrons. The second-order valence-electron chi connectivity index (χ2n) is 9.43. The molecular weight excluding hydrogens is 328 g/mol. The highest BCUT2D eigenvalue weighted by molar-refractivity contribution is 6.04. The first-order valence-corrected chi connectivity index (χ1v) is 10.6. The van der Waals surface area contributed by atoms with Crippen LogP contribution in [0.4, 0.5) is 0 Å². The molecule has 0 radical (unpaired) electrons. The Hall–Kier alpha value is -2.07. The minimum Gasteiger partial charge on any atom is -0.293 e. The summed E-state index contributed by atoms with van der Waals surface area (Å²) in [5.41, 5.74) is 5.09. The molecule has 5 rings (SSSR count). The minimum atomic E-state index is -0.814. The summed E-state index contributed by atoms with van der Waals surface area (Å²) in [5, 5.41) is 0. The van der Waals surface area contributed by atoms with Crippen LogP contribution in [-0.2, 0) is 10.2 Å². The first kappa shape index (κ1) is 17.1. The molecule has 0 N–H and O–H groups in total. The van der Waals surface area contributed by atoms with Gasteiger partial charge in [-0.05, 0) is 78.6 Å². The molecule has 0 heterocycles. The van der Waals surface area contributed by atoms with E-state index in [-0.39, 0.29) is 5.78 Å². The van der Waals surface area contributed by atoms with Crippen LogP contribution in [0.25, 0.3) is 0 Å². The van der Waals surface area contributed by atoms with Crippen molar-refractivity contribution < 1.29 is 4.79 Å². The lowest BCUT2D eigenvalue weighted by atomic mass is 9.56. The molecule has 2 fully saturated rings. The van der Waals surface area contributed by atoms with Gasteiger partial charge in [-0.15, -0.1) is 6.42 Å². The molecule has 1 unspecified atom stereocenters. The summed E-state index contributed by atoms with van der Waals surface area (Å²) in [7, 11) is 0. The SMILES string of the molecule is C#CC1(c2ccccc2)CC2=C3CC[C@]4(C)CCC[C@H]4[C@@H]3CCC2=CC1=O. The average Bonchev–Trinajstić information content (AvgIpc) is 3.10. The fourth-order valence-electron chi connectivity index (χ4n) is 6.72. The van der Waals surface area contributed by atoms with E-state index in [0.29, 0.717) is 11.8 Å². The van der Waals surface area contributed by atoms with Crippen LogP contribution in [0.1, 0.15) is 63.9 Å². The Morgan fingerprint density at radius 2 is 1.93 bits per heavy atom. The molecule has 27 heavy (non-hydrogen) atoms. The normalized spacial score (nSPS) is 37.8. The van der Waals surface area contributed by atoms with Gasteiger partial charge in [0.2, 0.25) is 0 Å². The van der Waals surface area contributed by atoms with Gasteiger partial charge >= 0.3 is 0 Å². The summed E-state index contributed by atoms with van der Waals surface area (Å²) in [6.07, 6.45) is 17.6. The number of hydrogen-bond acceptors (Lipinski definition) is 1. The maximum atomic E-state index is 13.2. The molecule has 2 saturated carbocycles. The predicted molar refractivity (Wildman–Crippen MR) is 109 cm³/mol. The van der Waals surface area contributed by atoms with Gasteiger partial charge < -0.3 is 0 Å². The Kier molecular flexibility index (Phi) is 3.77. The maximum absolute atomic E-state index is 13.2. The quantitative estimate of drug-likeness (QED) is 0.584. The van der Waals surface area contributed by atoms with Crippen LogP contribution in [0.3, 0.4) is 0 Å². The van der Waals surface area contributed by atoms with E-state index in [4.69, 9.17) is 6.42 Å². The Morgan fingerprint density at radius 1 is 1.11 bits per heavy atom. The molecule has 1 heteroatoms. The summed E-state index contributed by atoms with van der Waals surface area (Å²) in [6.45, 7) is 2.53. The summed E-state index contributed by atoms with van der Waals surface area (Å²) in [6, 6.07) is 10.0. The van der Waals surface area contributed by atoms with E-state index in [0.717, 1.165) is 23.8 Å². The lowest BCUT2D eigenvalue weighted by Gasteiger charge is -2.48. The van der Waals surface area contributed by atoms with Gasteiger partial charge in [0.05, 0.1) is 0 Å². The van der Waals surface area contributed by atoms with Crippen LogP contribution in [0, 0.1) is 29.6 Å². The van der Waals surface area contributed by atoms with Crippen molar-refractivity contribution in [2.24, 2.45) is 17.3 Å². The predicted octanol–water partition coefficient (Wildman–Crippen LogP) is 5.76. The van der Waals surface area contributed by atoms with Gasteiger partial charge in [0, 0.05) is 6.42 Å². The minimum absolute atomic E-state index is 0.107. The molecule has 1 aromatic rings. The van der Waals surface area contributed by atoms with Crippen molar-refractivity contribution in [1.29, 1.82) is 0 Å². The van der Waals surface area contributed by atoms with E-state index >= 15 is 0 Å². The van der Waals surface area contributed by atoms with Crippen molar-refractivity contribution >= 4 is 5.78 Å². The number of terminal acetylenes is 1. The number of ketones is 1. The Morgan fingerprint density at radius 3 is 2.70 bits per heavy atom. The highest BCUT2D eigenvalue weighted by Gasteiger charge is 2.50. The van der Waals surface area contributed by atoms with Crippen molar-refractivity contribution in [2.75, 3.05) is 0 Å². The number of benzene rings is 1. The zero-order valence-electron chi connectivity index (χ0n) is 16.3. The van der Waals surface area contributed by atoms with Crippen molar-refractivity contribution in [1.82, 2.24) is 0 Å². The number of carbonyl (C=O) groups is 1. The summed E-state index contributed by atoms with van der Waals surface area (Å²) < 4.78 is 0. The lowest BCUT2D eigenvalue weighted by molar-refractivity contribution is -0.118. The van der Waals surface area contributed by atoms with Crippen molar-refractivity contribution in [3.8, 4) is 12.3 Å². The topological polar surface area (TPSA) is 17.1 Å². The Bertz CT molecular complexity index is 896. The molecular formula is C26H28O. The van der Waals surface area contributed by atoms with Crippen molar-refractivity contribution in [3.63, 3.8) is 0 Å². The van der Waals surface area contributed by atoms with Gasteiger partial charge in [0.25, 0.3) is 0 Å². The lowest BCUT2D eigenvalue weighted by Crippen LogP contribution is -2.41. The fourth-order valence-corrected chi connectivity index (χ4v) is 6.72. The van der Waals surface area contributed by atoms with Gasteiger partial charge in [-0.25, -0.2) is 0 Å². The van der Waals surface area contributed by atoms with Crippen molar-refractivity contribution in [2.45, 2.75) is 63.7 Å². The third-order valence-corrected chi connectivity index (χ3v) is 8.24. The third-order valence-electron chi connectivity index (χ3n) is 8.24.